The van der Waals surface area contributed by atoms with Crippen LogP contribution in [0.2, 0.25) is 0 Å². The monoisotopic (exact) mass is 320 g/mol. The molecule has 6 heteroatoms. The van der Waals surface area contributed by atoms with E-state index in [9.17, 15) is 10.1 Å². The Labute approximate surface area is 134 Å². The molecule has 118 valence electrons. The molecule has 1 saturated heterocycles. The average molecular weight is 320 g/mol. The van der Waals surface area contributed by atoms with Crippen molar-refractivity contribution >= 4 is 17.2 Å². The number of nitrogens with zero attached hydrogens (tertiary/aromatic N) is 1. The van der Waals surface area contributed by atoms with E-state index in [1.165, 1.54) is 4.88 Å². The summed E-state index contributed by atoms with van der Waals surface area (Å²) >= 11 is 1.62. The van der Waals surface area contributed by atoms with Gasteiger partial charge in [0.25, 0.3) is 0 Å². The Kier molecular flexibility index (Phi) is 4.22. The average Bonchev–Trinajstić information content (AvgIpc) is 3.12. The van der Waals surface area contributed by atoms with Crippen LogP contribution in [-0.4, -0.2) is 30.4 Å². The zero-order chi connectivity index (χ0) is 15.6. The van der Waals surface area contributed by atoms with Crippen molar-refractivity contribution in [3.63, 3.8) is 0 Å². The summed E-state index contributed by atoms with van der Waals surface area (Å²) in [6.07, 6.45) is 2.77. The van der Waals surface area contributed by atoms with E-state index >= 15 is 0 Å². The highest BCUT2D eigenvalue weighted by Crippen LogP contribution is 2.40. The van der Waals surface area contributed by atoms with Crippen molar-refractivity contribution in [3.05, 3.63) is 21.9 Å². The number of nitrogens with one attached hydrogen (secondary N) is 1. The largest absolute Gasteiger partial charge is 0.348 e. The minimum absolute atomic E-state index is 0.0902. The molecule has 22 heavy (non-hydrogen) atoms. The lowest BCUT2D eigenvalue weighted by Gasteiger charge is -2.40. The summed E-state index contributed by atoms with van der Waals surface area (Å²) in [5.41, 5.74) is -0.788. The maximum Gasteiger partial charge on any atom is 0.226 e. The highest BCUT2D eigenvalue weighted by molar-refractivity contribution is 7.12. The van der Waals surface area contributed by atoms with Crippen LogP contribution in [0.5, 0.6) is 0 Å². The molecule has 1 spiro atoms. The van der Waals surface area contributed by atoms with Crippen LogP contribution in [0.3, 0.4) is 0 Å². The van der Waals surface area contributed by atoms with Crippen molar-refractivity contribution in [3.8, 4) is 6.07 Å². The number of rotatable bonds is 3. The van der Waals surface area contributed by atoms with Crippen LogP contribution in [0, 0.1) is 18.3 Å². The van der Waals surface area contributed by atoms with Gasteiger partial charge in [0.2, 0.25) is 5.91 Å². The summed E-state index contributed by atoms with van der Waals surface area (Å²) in [5.74, 6) is -0.608. The third-order valence-corrected chi connectivity index (χ3v) is 5.40. The van der Waals surface area contributed by atoms with Gasteiger partial charge in [-0.3, -0.25) is 4.79 Å². The van der Waals surface area contributed by atoms with Gasteiger partial charge >= 0.3 is 0 Å². The number of thiophene rings is 1. The Morgan fingerprint density at radius 1 is 1.32 bits per heavy atom. The molecule has 2 heterocycles. The molecule has 1 aliphatic carbocycles. The first-order valence-corrected chi connectivity index (χ1v) is 8.42. The van der Waals surface area contributed by atoms with Gasteiger partial charge in [0.1, 0.15) is 5.54 Å². The fourth-order valence-corrected chi connectivity index (χ4v) is 4.05. The molecule has 2 fully saturated rings. The van der Waals surface area contributed by atoms with E-state index in [4.69, 9.17) is 9.47 Å². The molecule has 5 nitrogen and oxygen atoms in total. The maximum absolute atomic E-state index is 12.2. The van der Waals surface area contributed by atoms with E-state index in [1.807, 2.05) is 19.1 Å². The van der Waals surface area contributed by atoms with Crippen LogP contribution in [0.1, 0.15) is 35.4 Å². The van der Waals surface area contributed by atoms with Gasteiger partial charge < -0.3 is 14.8 Å². The fourth-order valence-electron chi connectivity index (χ4n) is 3.16. The van der Waals surface area contributed by atoms with Crippen LogP contribution < -0.4 is 5.32 Å². The van der Waals surface area contributed by atoms with Gasteiger partial charge in [0.05, 0.1) is 25.7 Å². The molecular formula is C16H20N2O3S. The van der Waals surface area contributed by atoms with Gasteiger partial charge in [0, 0.05) is 22.6 Å². The first kappa shape index (κ1) is 15.5. The highest BCUT2D eigenvalue weighted by atomic mass is 32.1. The topological polar surface area (TPSA) is 71.4 Å². The molecule has 1 N–H and O–H groups in total. The second-order valence-electron chi connectivity index (χ2n) is 6.04. The molecule has 0 atom stereocenters. The number of hydrogen-bond acceptors (Lipinski definition) is 5. The smallest absolute Gasteiger partial charge is 0.226 e. The quantitative estimate of drug-likeness (QED) is 0.927. The van der Waals surface area contributed by atoms with Crippen LogP contribution in [0.25, 0.3) is 0 Å². The van der Waals surface area contributed by atoms with Crippen LogP contribution >= 0.6 is 11.3 Å². The number of ether oxygens (including phenoxy) is 2. The molecule has 1 aliphatic heterocycles. The van der Waals surface area contributed by atoms with Crippen molar-refractivity contribution in [1.82, 2.24) is 5.32 Å². The molecule has 0 aromatic carbocycles. The number of aryl methyl sites for hydroxylation is 1. The Morgan fingerprint density at radius 3 is 2.55 bits per heavy atom. The first-order valence-electron chi connectivity index (χ1n) is 7.60. The van der Waals surface area contributed by atoms with Gasteiger partial charge in [-0.15, -0.1) is 11.3 Å². The van der Waals surface area contributed by atoms with E-state index in [0.29, 0.717) is 45.3 Å². The zero-order valence-corrected chi connectivity index (χ0v) is 13.5. The Balaban J connectivity index is 1.60. The number of amides is 1. The number of carbonyl (C=O) groups is 1. The summed E-state index contributed by atoms with van der Waals surface area (Å²) in [6, 6.07) is 6.28. The lowest BCUT2D eigenvalue weighted by Crippen LogP contribution is -2.53. The minimum atomic E-state index is -0.788. The normalized spacial score (nSPS) is 22.4. The Bertz CT molecular complexity index is 589. The molecule has 0 unspecified atom stereocenters. The molecule has 1 aromatic heterocycles. The zero-order valence-electron chi connectivity index (χ0n) is 12.7. The van der Waals surface area contributed by atoms with Gasteiger partial charge in [-0.1, -0.05) is 0 Å². The lowest BCUT2D eigenvalue weighted by molar-refractivity contribution is -0.183. The van der Waals surface area contributed by atoms with Crippen LogP contribution in [-0.2, 0) is 20.7 Å². The third-order valence-electron chi connectivity index (χ3n) is 4.40. The predicted molar refractivity (Wildman–Crippen MR) is 82.3 cm³/mol. The first-order chi connectivity index (χ1) is 10.5. The SMILES string of the molecule is Cc1ccc(CC(=O)NC2(C#N)CCC3(CC2)OCCO3)s1. The lowest BCUT2D eigenvalue weighted by atomic mass is 9.79. The van der Waals surface area contributed by atoms with E-state index < -0.39 is 11.3 Å². The Hall–Kier alpha value is -1.42. The van der Waals surface area contributed by atoms with Crippen LogP contribution in [0.15, 0.2) is 12.1 Å². The van der Waals surface area contributed by atoms with E-state index in [-0.39, 0.29) is 5.91 Å². The van der Waals surface area contributed by atoms with E-state index in [1.54, 1.807) is 11.3 Å². The van der Waals surface area contributed by atoms with Gasteiger partial charge in [0.15, 0.2) is 5.79 Å². The molecule has 2 aliphatic rings. The van der Waals surface area contributed by atoms with E-state index in [0.717, 1.165) is 4.88 Å². The number of hydrogen-bond donors (Lipinski definition) is 1. The van der Waals surface area contributed by atoms with Crippen molar-refractivity contribution in [2.75, 3.05) is 13.2 Å². The van der Waals surface area contributed by atoms with Crippen molar-refractivity contribution < 1.29 is 14.3 Å². The van der Waals surface area contributed by atoms with Gasteiger partial charge in [-0.2, -0.15) is 5.26 Å². The van der Waals surface area contributed by atoms with Crippen molar-refractivity contribution in [2.24, 2.45) is 0 Å². The van der Waals surface area contributed by atoms with Gasteiger partial charge in [-0.25, -0.2) is 0 Å². The molecule has 1 amide bonds. The molecule has 1 saturated carbocycles. The molecular weight excluding hydrogens is 300 g/mol. The third kappa shape index (κ3) is 3.17. The maximum atomic E-state index is 12.2. The second-order valence-corrected chi connectivity index (χ2v) is 7.41. The minimum Gasteiger partial charge on any atom is -0.348 e. The molecule has 1 aromatic rings. The standard InChI is InChI=1S/C16H20N2O3S/c1-12-2-3-13(22-12)10-14(19)18-15(11-17)4-6-16(7-5-15)20-8-9-21-16/h2-3H,4-10H2,1H3,(H,18,19). The molecule has 0 radical (unpaired) electrons. The van der Waals surface area contributed by atoms with Crippen molar-refractivity contribution in [1.29, 1.82) is 5.26 Å². The summed E-state index contributed by atoms with van der Waals surface area (Å²) in [6.45, 7) is 3.25. The molecule has 0 bridgehead atoms. The van der Waals surface area contributed by atoms with E-state index in [2.05, 4.69) is 11.4 Å². The second kappa shape index (κ2) is 5.99. The van der Waals surface area contributed by atoms with Crippen LogP contribution in [0.4, 0.5) is 0 Å². The number of carbonyl (C=O) groups excluding carboxylic acids is 1. The van der Waals surface area contributed by atoms with Gasteiger partial charge in [-0.05, 0) is 31.9 Å². The highest BCUT2D eigenvalue weighted by Gasteiger charge is 2.47. The summed E-state index contributed by atoms with van der Waals surface area (Å²) < 4.78 is 11.4. The predicted octanol–water partition coefficient (Wildman–Crippen LogP) is 2.29. The number of nitriles is 1. The summed E-state index contributed by atoms with van der Waals surface area (Å²) in [7, 11) is 0. The summed E-state index contributed by atoms with van der Waals surface area (Å²) in [5, 5.41) is 12.5. The molecule has 3 rings (SSSR count). The van der Waals surface area contributed by atoms with Crippen molar-refractivity contribution in [2.45, 2.75) is 50.4 Å². The Morgan fingerprint density at radius 2 is 2.00 bits per heavy atom. The summed E-state index contributed by atoms with van der Waals surface area (Å²) in [4.78, 5) is 14.5. The fraction of sp³-hybridized carbons (Fsp3) is 0.625.